The number of carbonyl (C=O) groups excluding carboxylic acids is 1. The molecule has 2 unspecified atom stereocenters. The summed E-state index contributed by atoms with van der Waals surface area (Å²) in [6.45, 7) is 0.678. The molecule has 0 bridgehead atoms. The van der Waals surface area contributed by atoms with Crippen LogP contribution >= 0.6 is 0 Å². The molecule has 5 rings (SSSR count). The number of rotatable bonds is 4. The van der Waals surface area contributed by atoms with Crippen LogP contribution in [0.2, 0.25) is 0 Å². The molecule has 3 aromatic rings. The van der Waals surface area contributed by atoms with Gasteiger partial charge in [0, 0.05) is 23.6 Å². The number of benzene rings is 1. The molecule has 0 radical (unpaired) electrons. The first-order chi connectivity index (χ1) is 13.7. The fourth-order valence-corrected chi connectivity index (χ4v) is 3.73. The predicted octanol–water partition coefficient (Wildman–Crippen LogP) is 2.04. The third-order valence-corrected chi connectivity index (χ3v) is 5.41. The van der Waals surface area contributed by atoms with E-state index in [9.17, 15) is 9.59 Å². The Morgan fingerprint density at radius 1 is 1.11 bits per heavy atom. The van der Waals surface area contributed by atoms with Crippen molar-refractivity contribution < 1.29 is 9.53 Å². The van der Waals surface area contributed by atoms with E-state index in [1.54, 1.807) is 18.3 Å². The van der Waals surface area contributed by atoms with E-state index < -0.39 is 0 Å². The second-order valence-electron chi connectivity index (χ2n) is 7.38. The minimum atomic E-state index is -0.340. The summed E-state index contributed by atoms with van der Waals surface area (Å²) in [5.74, 6) is 0.172. The highest BCUT2D eigenvalue weighted by molar-refractivity contribution is 6.05. The molecule has 1 saturated carbocycles. The molecule has 1 aromatic carbocycles. The Hall–Kier alpha value is -3.06. The lowest BCUT2D eigenvalue weighted by Gasteiger charge is -2.21. The maximum atomic E-state index is 12.9. The first-order valence-electron chi connectivity index (χ1n) is 9.53. The van der Waals surface area contributed by atoms with Crippen LogP contribution in [0, 0.1) is 0 Å². The molecule has 142 valence electrons. The van der Waals surface area contributed by atoms with Crippen molar-refractivity contribution in [2.75, 3.05) is 13.2 Å². The van der Waals surface area contributed by atoms with Crippen molar-refractivity contribution in [1.29, 1.82) is 0 Å². The molecule has 0 spiro atoms. The molecule has 7 nitrogen and oxygen atoms in total. The molecule has 1 saturated heterocycles. The molecule has 1 aliphatic carbocycles. The van der Waals surface area contributed by atoms with Gasteiger partial charge in [0.15, 0.2) is 0 Å². The first-order valence-corrected chi connectivity index (χ1v) is 9.53. The Labute approximate surface area is 161 Å². The molecule has 1 aliphatic heterocycles. The average molecular weight is 376 g/mol. The summed E-state index contributed by atoms with van der Waals surface area (Å²) in [6.07, 6.45) is 3.85. The maximum absolute atomic E-state index is 12.9. The smallest absolute Gasteiger partial charge is 0.270 e. The normalized spacial score (nSPS) is 21.7. The molecule has 3 heterocycles. The van der Waals surface area contributed by atoms with Crippen molar-refractivity contribution in [2.24, 2.45) is 0 Å². The quantitative estimate of drug-likeness (QED) is 0.753. The number of hydrogen-bond acceptors (Lipinski definition) is 5. The topological polar surface area (TPSA) is 86.1 Å². The third-order valence-electron chi connectivity index (χ3n) is 5.41. The van der Waals surface area contributed by atoms with Crippen LogP contribution in [0.25, 0.3) is 10.8 Å². The maximum Gasteiger partial charge on any atom is 0.270 e. The Balaban J connectivity index is 1.42. The van der Waals surface area contributed by atoms with Gasteiger partial charge in [-0.3, -0.25) is 14.6 Å². The van der Waals surface area contributed by atoms with Gasteiger partial charge in [-0.05, 0) is 30.4 Å². The number of nitrogens with zero attached hydrogens (tertiary/aromatic N) is 3. The molecule has 2 aromatic heterocycles. The van der Waals surface area contributed by atoms with Crippen LogP contribution in [0.4, 0.5) is 0 Å². The van der Waals surface area contributed by atoms with E-state index in [2.05, 4.69) is 15.4 Å². The molecule has 1 N–H and O–H groups in total. The molecular weight excluding hydrogens is 356 g/mol. The van der Waals surface area contributed by atoms with Crippen molar-refractivity contribution in [1.82, 2.24) is 20.1 Å². The summed E-state index contributed by atoms with van der Waals surface area (Å²) < 4.78 is 7.06. The third kappa shape index (κ3) is 3.07. The van der Waals surface area contributed by atoms with E-state index >= 15 is 0 Å². The summed E-state index contributed by atoms with van der Waals surface area (Å²) in [4.78, 5) is 29.6. The van der Waals surface area contributed by atoms with Gasteiger partial charge in [0.25, 0.3) is 11.5 Å². The first kappa shape index (κ1) is 17.1. The van der Waals surface area contributed by atoms with Crippen LogP contribution in [-0.4, -0.2) is 39.9 Å². The summed E-state index contributed by atoms with van der Waals surface area (Å²) in [5, 5.41) is 9.31. The second-order valence-corrected chi connectivity index (χ2v) is 7.38. The summed E-state index contributed by atoms with van der Waals surface area (Å²) in [5.41, 5.74) is 1.13. The van der Waals surface area contributed by atoms with Crippen LogP contribution < -0.4 is 10.9 Å². The zero-order valence-electron chi connectivity index (χ0n) is 15.2. The molecule has 7 heteroatoms. The predicted molar refractivity (Wildman–Crippen MR) is 103 cm³/mol. The highest BCUT2D eigenvalue weighted by atomic mass is 16.5. The van der Waals surface area contributed by atoms with Gasteiger partial charge in [-0.15, -0.1) is 0 Å². The van der Waals surface area contributed by atoms with E-state index in [1.165, 1.54) is 4.68 Å². The highest BCUT2D eigenvalue weighted by Gasteiger charge is 2.34. The Kier molecular flexibility index (Phi) is 4.16. The highest BCUT2D eigenvalue weighted by Crippen LogP contribution is 2.38. The van der Waals surface area contributed by atoms with Crippen LogP contribution in [-0.2, 0) is 4.74 Å². The summed E-state index contributed by atoms with van der Waals surface area (Å²) in [7, 11) is 0. The fourth-order valence-electron chi connectivity index (χ4n) is 3.73. The van der Waals surface area contributed by atoms with Crippen LogP contribution in [0.3, 0.4) is 0 Å². The minimum absolute atomic E-state index is 0.178. The molecule has 2 aliphatic rings. The van der Waals surface area contributed by atoms with Gasteiger partial charge in [-0.1, -0.05) is 24.3 Å². The number of carbonyl (C=O) groups is 1. The Morgan fingerprint density at radius 2 is 1.96 bits per heavy atom. The molecule has 2 fully saturated rings. The molecule has 28 heavy (non-hydrogen) atoms. The van der Waals surface area contributed by atoms with Gasteiger partial charge >= 0.3 is 0 Å². The molecule has 1 amide bonds. The Morgan fingerprint density at radius 3 is 2.82 bits per heavy atom. The zero-order valence-corrected chi connectivity index (χ0v) is 15.2. The number of amides is 1. The van der Waals surface area contributed by atoms with Gasteiger partial charge in [0.2, 0.25) is 0 Å². The van der Waals surface area contributed by atoms with Crippen molar-refractivity contribution in [3.63, 3.8) is 0 Å². The Bertz CT molecular complexity index is 1100. The number of nitrogens with one attached hydrogen (secondary N) is 1. The summed E-state index contributed by atoms with van der Waals surface area (Å²) >= 11 is 0. The lowest BCUT2D eigenvalue weighted by atomic mass is 10.1. The van der Waals surface area contributed by atoms with Crippen LogP contribution in [0.1, 0.15) is 41.0 Å². The fraction of sp³-hybridized carbons (Fsp3) is 0.333. The van der Waals surface area contributed by atoms with Gasteiger partial charge < -0.3 is 10.1 Å². The van der Waals surface area contributed by atoms with Crippen LogP contribution in [0.5, 0.6) is 0 Å². The number of aromatic nitrogens is 3. The van der Waals surface area contributed by atoms with Crippen molar-refractivity contribution >= 4 is 16.7 Å². The number of hydrogen-bond donors (Lipinski definition) is 1. The van der Waals surface area contributed by atoms with Gasteiger partial charge in [-0.2, -0.15) is 5.10 Å². The van der Waals surface area contributed by atoms with Crippen molar-refractivity contribution in [3.8, 4) is 0 Å². The summed E-state index contributed by atoms with van der Waals surface area (Å²) in [6, 6.07) is 12.2. The SMILES string of the molecule is O=C(NC1COCC1n1nc(C2CC2)ccc1=O)c1nccc2ccccc12. The van der Waals surface area contributed by atoms with E-state index in [0.717, 1.165) is 29.3 Å². The monoisotopic (exact) mass is 376 g/mol. The second kappa shape index (κ2) is 6.83. The van der Waals surface area contributed by atoms with E-state index in [4.69, 9.17) is 4.74 Å². The van der Waals surface area contributed by atoms with Gasteiger partial charge in [0.1, 0.15) is 11.7 Å². The standard InChI is InChI=1S/C21H20N4O3/c26-19-8-7-16(14-5-6-14)24-25(19)18-12-28-11-17(18)23-21(27)20-15-4-2-1-3-13(15)9-10-22-20/h1-4,7-10,14,17-18H,5-6,11-12H2,(H,23,27). The van der Waals surface area contributed by atoms with Crippen molar-refractivity contribution in [3.05, 3.63) is 70.4 Å². The van der Waals surface area contributed by atoms with E-state index in [1.807, 2.05) is 30.3 Å². The van der Waals surface area contributed by atoms with Gasteiger partial charge in [-0.25, -0.2) is 4.68 Å². The average Bonchev–Trinajstić information content (AvgIpc) is 3.47. The van der Waals surface area contributed by atoms with Gasteiger partial charge in [0.05, 0.1) is 24.9 Å². The number of pyridine rings is 1. The molecular formula is C21H20N4O3. The lowest BCUT2D eigenvalue weighted by Crippen LogP contribution is -2.44. The minimum Gasteiger partial charge on any atom is -0.377 e. The van der Waals surface area contributed by atoms with E-state index in [0.29, 0.717) is 24.8 Å². The largest absolute Gasteiger partial charge is 0.377 e. The van der Waals surface area contributed by atoms with Crippen molar-refractivity contribution in [2.45, 2.75) is 30.8 Å². The van der Waals surface area contributed by atoms with E-state index in [-0.39, 0.29) is 23.6 Å². The van der Waals surface area contributed by atoms with Crippen LogP contribution in [0.15, 0.2) is 53.5 Å². The zero-order chi connectivity index (χ0) is 19.1. The number of ether oxygens (including phenoxy) is 1. The number of fused-ring (bicyclic) bond motifs is 1. The lowest BCUT2D eigenvalue weighted by molar-refractivity contribution is 0.0921. The molecule has 2 atom stereocenters.